The summed E-state index contributed by atoms with van der Waals surface area (Å²) in [6, 6.07) is 5.55. The average Bonchev–Trinajstić information content (AvgIpc) is 2.69. The molecule has 2 aromatic rings. The molecule has 0 saturated heterocycles. The van der Waals surface area contributed by atoms with Crippen LogP contribution < -0.4 is 5.73 Å². The van der Waals surface area contributed by atoms with Crippen LogP contribution >= 0.6 is 22.9 Å². The Morgan fingerprint density at radius 2 is 2.25 bits per heavy atom. The Labute approximate surface area is 127 Å². The van der Waals surface area contributed by atoms with Crippen LogP contribution in [0, 0.1) is 5.92 Å². The first-order valence-electron chi connectivity index (χ1n) is 6.79. The van der Waals surface area contributed by atoms with Crippen LogP contribution in [0.4, 0.5) is 5.69 Å². The number of amides is 1. The van der Waals surface area contributed by atoms with Gasteiger partial charge in [0.1, 0.15) is 4.88 Å². The van der Waals surface area contributed by atoms with Crippen molar-refractivity contribution >= 4 is 44.6 Å². The maximum Gasteiger partial charge on any atom is 0.265 e. The number of anilines is 1. The van der Waals surface area contributed by atoms with E-state index in [1.807, 2.05) is 19.2 Å². The Hall–Kier alpha value is -1.26. The third-order valence-electron chi connectivity index (χ3n) is 3.99. The predicted molar refractivity (Wildman–Crippen MR) is 85.5 cm³/mol. The van der Waals surface area contributed by atoms with Gasteiger partial charge >= 0.3 is 0 Å². The summed E-state index contributed by atoms with van der Waals surface area (Å²) >= 11 is 7.41. The lowest BCUT2D eigenvalue weighted by Crippen LogP contribution is -2.34. The molecular weight excluding hydrogens is 292 g/mol. The van der Waals surface area contributed by atoms with Crippen molar-refractivity contribution in [3.63, 3.8) is 0 Å². The molecule has 106 valence electrons. The van der Waals surface area contributed by atoms with Gasteiger partial charge in [-0.05, 0) is 37.0 Å². The Bertz CT molecular complexity index is 663. The van der Waals surface area contributed by atoms with Gasteiger partial charge in [0.15, 0.2) is 0 Å². The highest BCUT2D eigenvalue weighted by molar-refractivity contribution is 7.21. The standard InChI is InChI=1S/C15H17ClN2OS/c1-18(8-9-3-2-4-9)15(19)14-13(17)11-6-5-10(16)7-12(11)20-14/h5-7,9H,2-4,8,17H2,1H3. The quantitative estimate of drug-likeness (QED) is 0.931. The molecule has 3 rings (SSSR count). The van der Waals surface area contributed by atoms with Crippen LogP contribution in [-0.2, 0) is 0 Å². The zero-order chi connectivity index (χ0) is 14.3. The molecule has 0 unspecified atom stereocenters. The minimum absolute atomic E-state index is 0.0201. The molecule has 1 amide bonds. The number of halogens is 1. The molecule has 1 aromatic carbocycles. The van der Waals surface area contributed by atoms with Gasteiger partial charge in [-0.2, -0.15) is 0 Å². The second-order valence-corrected chi connectivity index (χ2v) is 6.96. The minimum atomic E-state index is 0.0201. The molecular formula is C15H17ClN2OS. The molecule has 1 fully saturated rings. The number of nitrogen functional groups attached to an aromatic ring is 1. The largest absolute Gasteiger partial charge is 0.397 e. The number of rotatable bonds is 3. The molecule has 5 heteroatoms. The van der Waals surface area contributed by atoms with Gasteiger partial charge in [-0.3, -0.25) is 4.79 Å². The van der Waals surface area contributed by atoms with Crippen LogP contribution in [-0.4, -0.2) is 24.4 Å². The number of carbonyl (C=O) groups excluding carboxylic acids is 1. The maximum atomic E-state index is 12.5. The van der Waals surface area contributed by atoms with Crippen LogP contribution in [0.25, 0.3) is 10.1 Å². The number of hydrogen-bond donors (Lipinski definition) is 1. The molecule has 1 aliphatic carbocycles. The second-order valence-electron chi connectivity index (χ2n) is 5.47. The fraction of sp³-hybridized carbons (Fsp3) is 0.400. The van der Waals surface area contributed by atoms with Crippen molar-refractivity contribution < 1.29 is 4.79 Å². The van der Waals surface area contributed by atoms with Gasteiger partial charge in [-0.1, -0.05) is 18.0 Å². The van der Waals surface area contributed by atoms with E-state index in [9.17, 15) is 4.79 Å². The van der Waals surface area contributed by atoms with Crippen LogP contribution in [0.3, 0.4) is 0 Å². The molecule has 0 bridgehead atoms. The normalized spacial score (nSPS) is 15.3. The van der Waals surface area contributed by atoms with Crippen molar-refractivity contribution in [3.05, 3.63) is 28.1 Å². The Kier molecular flexibility index (Phi) is 3.61. The smallest absolute Gasteiger partial charge is 0.265 e. The van der Waals surface area contributed by atoms with Crippen molar-refractivity contribution in [2.45, 2.75) is 19.3 Å². The van der Waals surface area contributed by atoms with Crippen LogP contribution in [0.1, 0.15) is 28.9 Å². The third-order valence-corrected chi connectivity index (χ3v) is 5.38. The monoisotopic (exact) mass is 308 g/mol. The zero-order valence-corrected chi connectivity index (χ0v) is 12.9. The number of fused-ring (bicyclic) bond motifs is 1. The Balaban J connectivity index is 1.88. The topological polar surface area (TPSA) is 46.3 Å². The molecule has 2 N–H and O–H groups in total. The lowest BCUT2D eigenvalue weighted by Gasteiger charge is -2.30. The van der Waals surface area contributed by atoms with E-state index >= 15 is 0 Å². The summed E-state index contributed by atoms with van der Waals surface area (Å²) in [5.74, 6) is 0.681. The van der Waals surface area contributed by atoms with Gasteiger partial charge in [-0.15, -0.1) is 11.3 Å². The number of benzene rings is 1. The summed E-state index contributed by atoms with van der Waals surface area (Å²) < 4.78 is 0.968. The summed E-state index contributed by atoms with van der Waals surface area (Å²) in [5, 5.41) is 1.58. The number of nitrogens with zero attached hydrogens (tertiary/aromatic N) is 1. The molecule has 0 radical (unpaired) electrons. The van der Waals surface area contributed by atoms with Gasteiger partial charge < -0.3 is 10.6 Å². The number of carbonyl (C=O) groups is 1. The SMILES string of the molecule is CN(CC1CCC1)C(=O)c1sc2cc(Cl)ccc2c1N. The van der Waals surface area contributed by atoms with E-state index in [1.54, 1.807) is 11.0 Å². The second kappa shape index (κ2) is 5.26. The van der Waals surface area contributed by atoms with Crippen molar-refractivity contribution in [1.29, 1.82) is 0 Å². The molecule has 20 heavy (non-hydrogen) atoms. The van der Waals surface area contributed by atoms with E-state index < -0.39 is 0 Å². The van der Waals surface area contributed by atoms with Gasteiger partial charge in [-0.25, -0.2) is 0 Å². The number of hydrogen-bond acceptors (Lipinski definition) is 3. The summed E-state index contributed by atoms with van der Waals surface area (Å²) in [6.45, 7) is 0.827. The van der Waals surface area contributed by atoms with E-state index in [0.717, 1.165) is 16.6 Å². The van der Waals surface area contributed by atoms with Crippen molar-refractivity contribution in [2.24, 2.45) is 5.92 Å². The first kappa shape index (κ1) is 13.7. The minimum Gasteiger partial charge on any atom is -0.397 e. The number of thiophene rings is 1. The maximum absolute atomic E-state index is 12.5. The molecule has 3 nitrogen and oxygen atoms in total. The van der Waals surface area contributed by atoms with Gasteiger partial charge in [0.25, 0.3) is 5.91 Å². The summed E-state index contributed by atoms with van der Waals surface area (Å²) in [4.78, 5) is 14.9. The lowest BCUT2D eigenvalue weighted by molar-refractivity contribution is 0.0751. The Morgan fingerprint density at radius 1 is 1.50 bits per heavy atom. The van der Waals surface area contributed by atoms with E-state index in [0.29, 0.717) is 21.5 Å². The zero-order valence-electron chi connectivity index (χ0n) is 11.4. The van der Waals surface area contributed by atoms with Gasteiger partial charge in [0.2, 0.25) is 0 Å². The van der Waals surface area contributed by atoms with Crippen molar-refractivity contribution in [2.75, 3.05) is 19.3 Å². The van der Waals surface area contributed by atoms with E-state index in [-0.39, 0.29) is 5.91 Å². The average molecular weight is 309 g/mol. The predicted octanol–water partition coefficient (Wildman–Crippen LogP) is 4.01. The third kappa shape index (κ3) is 2.38. The first-order valence-corrected chi connectivity index (χ1v) is 7.98. The summed E-state index contributed by atoms with van der Waals surface area (Å²) in [6.07, 6.45) is 3.75. The highest BCUT2D eigenvalue weighted by Crippen LogP contribution is 2.36. The van der Waals surface area contributed by atoms with Crippen LogP contribution in [0.2, 0.25) is 5.02 Å². The van der Waals surface area contributed by atoms with Crippen LogP contribution in [0.15, 0.2) is 18.2 Å². The lowest BCUT2D eigenvalue weighted by atomic mass is 9.85. The molecule has 0 atom stereocenters. The fourth-order valence-corrected chi connectivity index (χ4v) is 3.96. The summed E-state index contributed by atoms with van der Waals surface area (Å²) in [7, 11) is 1.86. The Morgan fingerprint density at radius 3 is 2.90 bits per heavy atom. The van der Waals surface area contributed by atoms with E-state index in [4.69, 9.17) is 17.3 Å². The molecule has 1 saturated carbocycles. The molecule has 0 aliphatic heterocycles. The molecule has 1 heterocycles. The van der Waals surface area contributed by atoms with Gasteiger partial charge in [0.05, 0.1) is 5.69 Å². The first-order chi connectivity index (χ1) is 9.56. The molecule has 0 spiro atoms. The van der Waals surface area contributed by atoms with Gasteiger partial charge in [0, 0.05) is 28.7 Å². The van der Waals surface area contributed by atoms with E-state index in [1.165, 1.54) is 30.6 Å². The highest BCUT2D eigenvalue weighted by Gasteiger charge is 2.24. The van der Waals surface area contributed by atoms with Crippen LogP contribution in [0.5, 0.6) is 0 Å². The van der Waals surface area contributed by atoms with Crippen molar-refractivity contribution in [3.8, 4) is 0 Å². The molecule has 1 aromatic heterocycles. The fourth-order valence-electron chi connectivity index (χ4n) is 2.57. The highest BCUT2D eigenvalue weighted by atomic mass is 35.5. The van der Waals surface area contributed by atoms with E-state index in [2.05, 4.69) is 0 Å². The summed E-state index contributed by atoms with van der Waals surface area (Å²) in [5.41, 5.74) is 6.70. The molecule has 1 aliphatic rings. The van der Waals surface area contributed by atoms with Crippen molar-refractivity contribution in [1.82, 2.24) is 4.90 Å². The number of nitrogens with two attached hydrogens (primary N) is 1.